The smallest absolute Gasteiger partial charge is 0.229 e. The largest absolute Gasteiger partial charge is 0.310 e. The van der Waals surface area contributed by atoms with E-state index in [0.29, 0.717) is 40.5 Å². The number of nitrogens with one attached hydrogen (secondary N) is 1. The number of halogens is 1. The molecule has 0 spiro atoms. The quantitative estimate of drug-likeness (QED) is 0.415. The fourth-order valence-electron chi connectivity index (χ4n) is 4.88. The van der Waals surface area contributed by atoms with Crippen LogP contribution in [-0.4, -0.2) is 30.8 Å². The highest BCUT2D eigenvalue weighted by Crippen LogP contribution is 2.42. The number of amides is 1. The summed E-state index contributed by atoms with van der Waals surface area (Å²) in [5.41, 5.74) is 2.35. The van der Waals surface area contributed by atoms with Gasteiger partial charge >= 0.3 is 0 Å². The maximum atomic E-state index is 13.7. The molecule has 0 radical (unpaired) electrons. The number of ketones is 1. The Kier molecular flexibility index (Phi) is 7.62. The van der Waals surface area contributed by atoms with Gasteiger partial charge in [0, 0.05) is 10.6 Å². The van der Waals surface area contributed by atoms with E-state index in [0.717, 1.165) is 18.4 Å². The monoisotopic (exact) mass is 524 g/mol. The molecule has 4 rings (SSSR count). The summed E-state index contributed by atoms with van der Waals surface area (Å²) >= 11 is 6.08. The summed E-state index contributed by atoms with van der Waals surface area (Å²) in [6.07, 6.45) is 2.97. The zero-order chi connectivity index (χ0) is 25.9. The van der Waals surface area contributed by atoms with Crippen LogP contribution >= 0.6 is 11.6 Å². The van der Waals surface area contributed by atoms with E-state index in [4.69, 9.17) is 11.6 Å². The second-order valence-electron chi connectivity index (χ2n) is 9.13. The van der Waals surface area contributed by atoms with Gasteiger partial charge in [0.05, 0.1) is 28.2 Å². The van der Waals surface area contributed by atoms with Crippen molar-refractivity contribution in [1.29, 1.82) is 0 Å². The zero-order valence-electron chi connectivity index (χ0n) is 20.4. The molecule has 1 atom stereocenters. The number of pyridine rings is 1. The van der Waals surface area contributed by atoms with E-state index in [-0.39, 0.29) is 28.8 Å². The summed E-state index contributed by atoms with van der Waals surface area (Å²) in [6.45, 7) is 3.67. The van der Waals surface area contributed by atoms with Crippen LogP contribution in [0.25, 0.3) is 0 Å². The lowest BCUT2D eigenvalue weighted by Gasteiger charge is -2.37. The summed E-state index contributed by atoms with van der Waals surface area (Å²) in [5, 5.41) is 3.44. The molecule has 188 valence electrons. The molecular weight excluding hydrogens is 496 g/mol. The predicted octanol–water partition coefficient (Wildman–Crippen LogP) is 5.58. The van der Waals surface area contributed by atoms with Crippen LogP contribution in [0.15, 0.2) is 65.6 Å². The number of aromatic nitrogens is 1. The van der Waals surface area contributed by atoms with E-state index < -0.39 is 15.3 Å². The van der Waals surface area contributed by atoms with E-state index in [1.807, 2.05) is 24.3 Å². The molecule has 1 aromatic heterocycles. The van der Waals surface area contributed by atoms with E-state index in [9.17, 15) is 18.0 Å². The average molecular weight is 525 g/mol. The van der Waals surface area contributed by atoms with Crippen molar-refractivity contribution in [2.75, 3.05) is 11.1 Å². The van der Waals surface area contributed by atoms with Crippen molar-refractivity contribution in [3.8, 4) is 0 Å². The number of nitrogens with zero attached hydrogens (tertiary/aromatic N) is 1. The summed E-state index contributed by atoms with van der Waals surface area (Å²) < 4.78 is 23.9. The van der Waals surface area contributed by atoms with Gasteiger partial charge in [-0.3, -0.25) is 9.59 Å². The van der Waals surface area contributed by atoms with Crippen LogP contribution in [0.2, 0.25) is 5.02 Å². The van der Waals surface area contributed by atoms with Crippen molar-refractivity contribution in [2.45, 2.75) is 56.3 Å². The number of sulfone groups is 1. The van der Waals surface area contributed by atoms with Gasteiger partial charge in [0.2, 0.25) is 5.91 Å². The topological polar surface area (TPSA) is 93.2 Å². The van der Waals surface area contributed by atoms with Crippen LogP contribution in [0.1, 0.15) is 60.3 Å². The molecule has 1 heterocycles. The molecule has 0 aliphatic heterocycles. The number of fused-ring (bicyclic) bond motifs is 1. The molecule has 8 heteroatoms. The molecular formula is C28H29ClN2O4S. The van der Waals surface area contributed by atoms with Gasteiger partial charge in [-0.25, -0.2) is 13.4 Å². The molecule has 0 saturated heterocycles. The summed E-state index contributed by atoms with van der Waals surface area (Å²) in [4.78, 5) is 31.1. The van der Waals surface area contributed by atoms with Crippen molar-refractivity contribution in [1.82, 2.24) is 4.98 Å². The predicted molar refractivity (Wildman–Crippen MR) is 141 cm³/mol. The lowest BCUT2D eigenvalue weighted by molar-refractivity contribution is -0.115. The van der Waals surface area contributed by atoms with Gasteiger partial charge in [-0.15, -0.1) is 0 Å². The van der Waals surface area contributed by atoms with E-state index in [2.05, 4.69) is 17.2 Å². The first-order chi connectivity index (χ1) is 17.2. The number of benzene rings is 2. The molecule has 1 aliphatic rings. The molecule has 36 heavy (non-hydrogen) atoms. The average Bonchev–Trinajstić information content (AvgIpc) is 2.87. The Labute approximate surface area is 217 Å². The van der Waals surface area contributed by atoms with Crippen LogP contribution < -0.4 is 5.32 Å². The Balaban J connectivity index is 1.50. The van der Waals surface area contributed by atoms with Crippen LogP contribution in [0, 0.1) is 0 Å². The summed E-state index contributed by atoms with van der Waals surface area (Å²) in [7, 11) is -3.28. The Morgan fingerprint density at radius 2 is 1.72 bits per heavy atom. The molecule has 1 aliphatic carbocycles. The van der Waals surface area contributed by atoms with E-state index >= 15 is 0 Å². The number of carbonyl (C=O) groups excluding carboxylic acids is 2. The van der Waals surface area contributed by atoms with Crippen molar-refractivity contribution in [3.63, 3.8) is 0 Å². The van der Waals surface area contributed by atoms with E-state index in [1.54, 1.807) is 31.2 Å². The third-order valence-electron chi connectivity index (χ3n) is 6.81. The summed E-state index contributed by atoms with van der Waals surface area (Å²) in [5.74, 6) is 0.210. The second kappa shape index (κ2) is 10.5. The fourth-order valence-corrected chi connectivity index (χ4v) is 5.89. The van der Waals surface area contributed by atoms with Gasteiger partial charge in [0.25, 0.3) is 0 Å². The summed E-state index contributed by atoms with van der Waals surface area (Å²) in [6, 6.07) is 17.3. The zero-order valence-corrected chi connectivity index (χ0v) is 22.0. The Hall–Kier alpha value is -3.03. The van der Waals surface area contributed by atoms with Crippen molar-refractivity contribution in [2.24, 2.45) is 0 Å². The highest BCUT2D eigenvalue weighted by atomic mass is 35.5. The van der Waals surface area contributed by atoms with Gasteiger partial charge in [0.1, 0.15) is 5.82 Å². The maximum Gasteiger partial charge on any atom is 0.229 e. The SMILES string of the molecule is CCCC1(c2ccc(Cl)cc2)CCc2nc(NC(=O)Cc3ccc(S(=O)(=O)CC)cc3)ccc2C1=O. The van der Waals surface area contributed by atoms with Gasteiger partial charge in [-0.2, -0.15) is 0 Å². The maximum absolute atomic E-state index is 13.7. The highest BCUT2D eigenvalue weighted by Gasteiger charge is 2.43. The van der Waals surface area contributed by atoms with Crippen LogP contribution in [0.4, 0.5) is 5.82 Å². The third-order valence-corrected chi connectivity index (χ3v) is 8.81. The number of anilines is 1. The molecule has 0 bridgehead atoms. The second-order valence-corrected chi connectivity index (χ2v) is 11.8. The Bertz CT molecular complexity index is 1390. The first-order valence-electron chi connectivity index (χ1n) is 12.1. The minimum Gasteiger partial charge on any atom is -0.310 e. The molecule has 6 nitrogen and oxygen atoms in total. The molecule has 2 aromatic carbocycles. The minimum atomic E-state index is -3.28. The number of hydrogen-bond donors (Lipinski definition) is 1. The van der Waals surface area contributed by atoms with Gasteiger partial charge < -0.3 is 5.32 Å². The lowest BCUT2D eigenvalue weighted by Crippen LogP contribution is -2.40. The van der Waals surface area contributed by atoms with E-state index in [1.165, 1.54) is 12.1 Å². The fraction of sp³-hybridized carbons (Fsp3) is 0.321. The van der Waals surface area contributed by atoms with Crippen molar-refractivity contribution in [3.05, 3.63) is 88.1 Å². The molecule has 0 fully saturated rings. The number of hydrogen-bond acceptors (Lipinski definition) is 5. The number of carbonyl (C=O) groups is 2. The lowest BCUT2D eigenvalue weighted by atomic mass is 9.65. The Morgan fingerprint density at radius 1 is 1.03 bits per heavy atom. The van der Waals surface area contributed by atoms with Gasteiger partial charge in [-0.05, 0) is 66.8 Å². The third kappa shape index (κ3) is 5.22. The van der Waals surface area contributed by atoms with Crippen LogP contribution in [0.5, 0.6) is 0 Å². The minimum absolute atomic E-state index is 0.0264. The number of Topliss-reactive ketones (excluding diaryl/α,β-unsaturated/α-hetero) is 1. The van der Waals surface area contributed by atoms with Crippen molar-refractivity contribution >= 4 is 38.9 Å². The Morgan fingerprint density at radius 3 is 2.36 bits per heavy atom. The first kappa shape index (κ1) is 26.0. The molecule has 1 unspecified atom stereocenters. The standard InChI is InChI=1S/C28H29ClN2O4S/c1-3-16-28(20-7-9-21(29)10-8-20)17-15-24-23(27(28)33)13-14-25(30-24)31-26(32)18-19-5-11-22(12-6-19)36(34,35)4-2/h5-14H,3-4,15-18H2,1-2H3,(H,30,31,32). The van der Waals surface area contributed by atoms with Crippen LogP contribution in [-0.2, 0) is 32.9 Å². The molecule has 0 saturated carbocycles. The van der Waals surface area contributed by atoms with Crippen molar-refractivity contribution < 1.29 is 18.0 Å². The van der Waals surface area contributed by atoms with Crippen LogP contribution in [0.3, 0.4) is 0 Å². The molecule has 3 aromatic rings. The normalized spacial score (nSPS) is 17.5. The first-order valence-corrected chi connectivity index (χ1v) is 14.1. The van der Waals surface area contributed by atoms with Gasteiger partial charge in [0.15, 0.2) is 15.6 Å². The highest BCUT2D eigenvalue weighted by molar-refractivity contribution is 7.91. The number of rotatable bonds is 8. The molecule has 1 amide bonds. The number of aryl methyl sites for hydroxylation is 1. The molecule has 1 N–H and O–H groups in total. The van der Waals surface area contributed by atoms with Gasteiger partial charge in [-0.1, -0.05) is 56.1 Å².